The third-order valence-corrected chi connectivity index (χ3v) is 5.87. The summed E-state index contributed by atoms with van der Waals surface area (Å²) >= 11 is 14.8. The van der Waals surface area contributed by atoms with Crippen molar-refractivity contribution in [2.45, 2.75) is 4.90 Å². The maximum Gasteiger partial charge on any atom is 0.265 e. The number of hydrogen-bond donors (Lipinski definition) is 2. The van der Waals surface area contributed by atoms with E-state index in [0.29, 0.717) is 26.3 Å². The highest BCUT2D eigenvalue weighted by molar-refractivity contribution is 8.00. The molecule has 0 aliphatic heterocycles. The lowest BCUT2D eigenvalue weighted by molar-refractivity contribution is -0.113. The summed E-state index contributed by atoms with van der Waals surface area (Å²) in [5, 5.41) is 8.39. The van der Waals surface area contributed by atoms with Gasteiger partial charge in [0.15, 0.2) is 0 Å². The Kier molecular flexibility index (Phi) is 6.79. The van der Waals surface area contributed by atoms with Gasteiger partial charge in [0.25, 0.3) is 5.91 Å². The molecule has 0 aliphatic carbocycles. The van der Waals surface area contributed by atoms with Crippen LogP contribution >= 0.6 is 46.3 Å². The first kappa shape index (κ1) is 19.8. The van der Waals surface area contributed by atoms with Crippen LogP contribution in [0, 0.1) is 0 Å². The normalized spacial score (nSPS) is 10.4. The Morgan fingerprint density at radius 1 is 1.00 bits per heavy atom. The van der Waals surface area contributed by atoms with Gasteiger partial charge in [0.05, 0.1) is 21.3 Å². The summed E-state index contributed by atoms with van der Waals surface area (Å²) in [5.41, 5.74) is 1.06. The summed E-state index contributed by atoms with van der Waals surface area (Å²) in [7, 11) is 0. The number of rotatable bonds is 6. The average molecular weight is 437 g/mol. The molecule has 1 aromatic heterocycles. The van der Waals surface area contributed by atoms with Gasteiger partial charge in [0.1, 0.15) is 0 Å². The summed E-state index contributed by atoms with van der Waals surface area (Å²) in [6.45, 7) is 0. The van der Waals surface area contributed by atoms with Crippen molar-refractivity contribution >= 4 is 69.5 Å². The average Bonchev–Trinajstić information content (AvgIpc) is 3.18. The van der Waals surface area contributed by atoms with Crippen molar-refractivity contribution in [3.8, 4) is 0 Å². The number of carbonyl (C=O) groups is 2. The van der Waals surface area contributed by atoms with E-state index in [9.17, 15) is 9.59 Å². The lowest BCUT2D eigenvalue weighted by atomic mass is 10.2. The predicted molar refractivity (Wildman–Crippen MR) is 115 cm³/mol. The van der Waals surface area contributed by atoms with Crippen LogP contribution in [0.4, 0.5) is 11.4 Å². The minimum Gasteiger partial charge on any atom is -0.325 e. The van der Waals surface area contributed by atoms with Gasteiger partial charge in [-0.1, -0.05) is 29.3 Å². The number of nitrogens with one attached hydrogen (secondary N) is 2. The van der Waals surface area contributed by atoms with Crippen LogP contribution in [0.5, 0.6) is 0 Å². The maximum absolute atomic E-state index is 12.1. The minimum atomic E-state index is -0.219. The number of thiophene rings is 1. The van der Waals surface area contributed by atoms with Crippen LogP contribution in [-0.4, -0.2) is 17.6 Å². The molecule has 8 heteroatoms. The van der Waals surface area contributed by atoms with Gasteiger partial charge >= 0.3 is 0 Å². The van der Waals surface area contributed by atoms with E-state index >= 15 is 0 Å². The zero-order chi connectivity index (χ0) is 19.2. The third kappa shape index (κ3) is 5.74. The molecule has 2 amide bonds. The van der Waals surface area contributed by atoms with Crippen LogP contribution in [0.15, 0.2) is 64.9 Å². The third-order valence-electron chi connectivity index (χ3n) is 3.43. The highest BCUT2D eigenvalue weighted by Crippen LogP contribution is 2.27. The number of halogens is 2. The van der Waals surface area contributed by atoms with Gasteiger partial charge in [0.2, 0.25) is 5.91 Å². The number of benzene rings is 2. The number of carbonyl (C=O) groups excluding carboxylic acids is 2. The zero-order valence-electron chi connectivity index (χ0n) is 13.9. The molecule has 0 aliphatic rings. The van der Waals surface area contributed by atoms with Gasteiger partial charge < -0.3 is 10.6 Å². The summed E-state index contributed by atoms with van der Waals surface area (Å²) in [5.74, 6) is -0.111. The summed E-state index contributed by atoms with van der Waals surface area (Å²) in [6, 6.07) is 15.8. The lowest BCUT2D eigenvalue weighted by Crippen LogP contribution is -2.14. The van der Waals surface area contributed by atoms with Gasteiger partial charge in [-0.2, -0.15) is 0 Å². The largest absolute Gasteiger partial charge is 0.325 e. The maximum atomic E-state index is 12.1. The molecule has 3 aromatic rings. The Hall–Kier alpha value is -1.99. The smallest absolute Gasteiger partial charge is 0.265 e. The molecule has 0 saturated heterocycles. The Morgan fingerprint density at radius 2 is 1.78 bits per heavy atom. The highest BCUT2D eigenvalue weighted by atomic mass is 35.5. The molecular formula is C19H14Cl2N2O2S2. The fourth-order valence-corrected chi connectivity index (χ4v) is 3.83. The molecule has 2 N–H and O–H groups in total. The monoisotopic (exact) mass is 436 g/mol. The molecule has 1 heterocycles. The Bertz CT molecular complexity index is 945. The van der Waals surface area contributed by atoms with E-state index in [-0.39, 0.29) is 17.6 Å². The van der Waals surface area contributed by atoms with E-state index in [0.717, 1.165) is 4.90 Å². The summed E-state index contributed by atoms with van der Waals surface area (Å²) < 4.78 is 0. The first-order chi connectivity index (χ1) is 13.0. The second-order valence-electron chi connectivity index (χ2n) is 5.42. The minimum absolute atomic E-state index is 0.151. The molecule has 2 aromatic carbocycles. The van der Waals surface area contributed by atoms with Crippen LogP contribution < -0.4 is 10.6 Å². The number of amides is 2. The predicted octanol–water partition coefficient (Wildman–Crippen LogP) is 6.04. The van der Waals surface area contributed by atoms with E-state index in [2.05, 4.69) is 10.6 Å². The van der Waals surface area contributed by atoms with Crippen molar-refractivity contribution in [3.63, 3.8) is 0 Å². The molecule has 0 bridgehead atoms. The highest BCUT2D eigenvalue weighted by Gasteiger charge is 2.11. The Labute approximate surface area is 174 Å². The summed E-state index contributed by atoms with van der Waals surface area (Å²) in [4.78, 5) is 25.8. The van der Waals surface area contributed by atoms with Crippen molar-refractivity contribution in [1.82, 2.24) is 0 Å². The number of hydrogen-bond acceptors (Lipinski definition) is 4. The summed E-state index contributed by atoms with van der Waals surface area (Å²) in [6.07, 6.45) is 0. The fraction of sp³-hybridized carbons (Fsp3) is 0.0526. The van der Waals surface area contributed by atoms with Gasteiger partial charge in [-0.25, -0.2) is 0 Å². The van der Waals surface area contributed by atoms with E-state index in [1.807, 2.05) is 23.6 Å². The molecule has 4 nitrogen and oxygen atoms in total. The van der Waals surface area contributed by atoms with E-state index < -0.39 is 0 Å². The van der Waals surface area contributed by atoms with Crippen LogP contribution in [0.3, 0.4) is 0 Å². The number of anilines is 2. The molecular weight excluding hydrogens is 423 g/mol. The first-order valence-electron chi connectivity index (χ1n) is 7.84. The van der Waals surface area contributed by atoms with E-state index in [1.165, 1.54) is 23.1 Å². The van der Waals surface area contributed by atoms with Crippen LogP contribution in [0.2, 0.25) is 10.0 Å². The Balaban J connectivity index is 1.55. The molecule has 0 saturated carbocycles. The molecule has 0 atom stereocenters. The van der Waals surface area contributed by atoms with Crippen molar-refractivity contribution < 1.29 is 9.59 Å². The van der Waals surface area contributed by atoms with Crippen LogP contribution in [-0.2, 0) is 4.79 Å². The molecule has 0 unspecified atom stereocenters. The Morgan fingerprint density at radius 3 is 2.44 bits per heavy atom. The molecule has 27 heavy (non-hydrogen) atoms. The second kappa shape index (κ2) is 9.28. The molecule has 3 rings (SSSR count). The van der Waals surface area contributed by atoms with Crippen molar-refractivity contribution in [3.05, 3.63) is 74.9 Å². The molecule has 0 spiro atoms. The zero-order valence-corrected chi connectivity index (χ0v) is 17.0. The molecule has 0 radical (unpaired) electrons. The topological polar surface area (TPSA) is 58.2 Å². The quantitative estimate of drug-likeness (QED) is 0.463. The molecule has 138 valence electrons. The number of thioether (sulfide) groups is 1. The standard InChI is InChI=1S/C19H14Cl2N2O2S2/c20-12-3-6-14(7-4-12)27-11-18(24)22-13-5-8-16(15(21)10-13)23-19(25)17-2-1-9-26-17/h1-10H,11H2,(H,22,24)(H,23,25). The fourth-order valence-electron chi connectivity index (χ4n) is 2.16. The van der Waals surface area contributed by atoms with Crippen molar-refractivity contribution in [1.29, 1.82) is 0 Å². The van der Waals surface area contributed by atoms with Gasteiger partial charge in [-0.15, -0.1) is 23.1 Å². The van der Waals surface area contributed by atoms with Crippen molar-refractivity contribution in [2.24, 2.45) is 0 Å². The van der Waals surface area contributed by atoms with Gasteiger partial charge in [-0.05, 0) is 53.9 Å². The van der Waals surface area contributed by atoms with Crippen LogP contribution in [0.1, 0.15) is 9.67 Å². The molecule has 0 fully saturated rings. The van der Waals surface area contributed by atoms with Gasteiger partial charge in [-0.3, -0.25) is 9.59 Å². The van der Waals surface area contributed by atoms with E-state index in [4.69, 9.17) is 23.2 Å². The van der Waals surface area contributed by atoms with E-state index in [1.54, 1.807) is 36.4 Å². The SMILES string of the molecule is O=C(CSc1ccc(Cl)cc1)Nc1ccc(NC(=O)c2cccs2)c(Cl)c1. The van der Waals surface area contributed by atoms with Crippen LogP contribution in [0.25, 0.3) is 0 Å². The second-order valence-corrected chi connectivity index (χ2v) is 8.26. The van der Waals surface area contributed by atoms with Gasteiger partial charge in [0, 0.05) is 15.6 Å². The lowest BCUT2D eigenvalue weighted by Gasteiger charge is -2.10. The van der Waals surface area contributed by atoms with Crippen molar-refractivity contribution in [2.75, 3.05) is 16.4 Å². The first-order valence-corrected chi connectivity index (χ1v) is 10.5.